The summed E-state index contributed by atoms with van der Waals surface area (Å²) in [5.74, 6) is -0.0472. The number of aromatic amines is 1. The van der Waals surface area contributed by atoms with Crippen LogP contribution < -0.4 is 16.6 Å². The zero-order valence-electron chi connectivity index (χ0n) is 33.6. The molecule has 0 spiro atoms. The number of hydrogen-bond donors (Lipinski definition) is 3. The Morgan fingerprint density at radius 1 is 0.836 bits per heavy atom. The largest absolute Gasteiger partial charge is 0.508 e. The zero-order valence-corrected chi connectivity index (χ0v) is 35.3. The molecule has 0 aliphatic carbocycles. The van der Waals surface area contributed by atoms with Gasteiger partial charge in [0.15, 0.2) is 6.23 Å². The van der Waals surface area contributed by atoms with Crippen LogP contribution in [0, 0.1) is 6.92 Å². The fourth-order valence-electron chi connectivity index (χ4n) is 8.49. The van der Waals surface area contributed by atoms with Crippen molar-refractivity contribution in [2.75, 3.05) is 32.8 Å². The van der Waals surface area contributed by atoms with Crippen LogP contribution in [0.2, 0.25) is 0 Å². The number of aromatic nitrogens is 2. The summed E-state index contributed by atoms with van der Waals surface area (Å²) < 4.78 is 30.0. The first-order valence-electron chi connectivity index (χ1n) is 20.3. The third-order valence-electron chi connectivity index (χ3n) is 11.5. The quantitative estimate of drug-likeness (QED) is 0.0834. The van der Waals surface area contributed by atoms with Gasteiger partial charge in [0, 0.05) is 49.5 Å². The number of halogens is 1. The predicted molar refractivity (Wildman–Crippen MR) is 236 cm³/mol. The molecule has 3 heterocycles. The molecule has 8 rings (SSSR count). The van der Waals surface area contributed by atoms with Crippen LogP contribution in [0.1, 0.15) is 51.7 Å². The van der Waals surface area contributed by atoms with E-state index in [2.05, 4.69) is 51.6 Å². The lowest BCUT2D eigenvalue weighted by molar-refractivity contribution is -0.148. The summed E-state index contributed by atoms with van der Waals surface area (Å²) in [7, 11) is 0. The number of hydrogen-bond acceptors (Lipinski definition) is 8. The van der Waals surface area contributed by atoms with Crippen LogP contribution in [0.5, 0.6) is 5.75 Å². The minimum Gasteiger partial charge on any atom is -0.508 e. The molecule has 3 atom stereocenters. The molecule has 3 N–H and O–H groups in total. The molecule has 0 bridgehead atoms. The summed E-state index contributed by atoms with van der Waals surface area (Å²) >= 11 is 6.79. The third-order valence-corrected chi connectivity index (χ3v) is 14.0. The molecule has 14 heteroatoms. The molecule has 1 aromatic heterocycles. The van der Waals surface area contributed by atoms with Crippen molar-refractivity contribution in [2.24, 2.45) is 0 Å². The van der Waals surface area contributed by atoms with Gasteiger partial charge in [-0.15, -0.1) is 0 Å². The minimum atomic E-state index is -3.89. The Bertz CT molecular complexity index is 2520. The number of nitrogens with zero attached hydrogens (tertiary/aromatic N) is 3. The van der Waals surface area contributed by atoms with Gasteiger partial charge in [-0.3, -0.25) is 28.6 Å². The summed E-state index contributed by atoms with van der Waals surface area (Å²) in [5, 5.41) is 12.8. The normalized spacial score (nSPS) is 18.9. The van der Waals surface area contributed by atoms with Crippen LogP contribution >= 0.6 is 18.1 Å². The van der Waals surface area contributed by atoms with Crippen molar-refractivity contribution >= 4 is 24.0 Å². The maximum atomic E-state index is 14.2. The van der Waals surface area contributed by atoms with Crippen molar-refractivity contribution in [1.29, 1.82) is 0 Å². The van der Waals surface area contributed by atoms with Crippen molar-refractivity contribution in [3.05, 3.63) is 194 Å². The first-order chi connectivity index (χ1) is 29.5. The van der Waals surface area contributed by atoms with Crippen LogP contribution in [-0.4, -0.2) is 75.1 Å². The fraction of sp³-hybridized carbons (Fsp3) is 0.255. The molecular weight excluding hydrogens is 813 g/mol. The van der Waals surface area contributed by atoms with Gasteiger partial charge in [-0.1, -0.05) is 115 Å². The number of H-pyrrole nitrogens is 1. The van der Waals surface area contributed by atoms with E-state index in [0.717, 1.165) is 27.8 Å². The molecule has 1 amide bonds. The number of carbonyl (C=O) groups excluding carboxylic acids is 1. The number of piperidine rings is 1. The Kier molecular flexibility index (Phi) is 12.5. The van der Waals surface area contributed by atoms with E-state index in [0.29, 0.717) is 43.6 Å². The van der Waals surface area contributed by atoms with Crippen LogP contribution in [0.25, 0.3) is 11.1 Å². The van der Waals surface area contributed by atoms with E-state index in [4.69, 9.17) is 20.5 Å². The van der Waals surface area contributed by atoms with Gasteiger partial charge in [0.2, 0.25) is 0 Å². The number of amides is 1. The average molecular weight is 860 g/mol. The van der Waals surface area contributed by atoms with Crippen molar-refractivity contribution < 1.29 is 23.7 Å². The van der Waals surface area contributed by atoms with E-state index >= 15 is 0 Å². The number of phenolic OH excluding ortho intramolecular Hbond substituents is 1. The monoisotopic (exact) mass is 859 g/mol. The maximum Gasteiger partial charge on any atom is 0.363 e. The number of aryl methyl sites for hydroxylation is 1. The van der Waals surface area contributed by atoms with E-state index in [1.807, 2.05) is 72.8 Å². The van der Waals surface area contributed by atoms with Crippen LogP contribution in [-0.2, 0) is 19.4 Å². The second-order valence-electron chi connectivity index (χ2n) is 15.5. The number of nitrogens with one attached hydrogen (secondary N) is 2. The molecule has 2 aliphatic heterocycles. The highest BCUT2D eigenvalue weighted by molar-refractivity contribution is 7.83. The van der Waals surface area contributed by atoms with Crippen LogP contribution in [0.15, 0.2) is 155 Å². The molecule has 2 fully saturated rings. The number of benzene rings is 5. The van der Waals surface area contributed by atoms with Gasteiger partial charge in [-0.2, -0.15) is 0 Å². The SMILES string of the molecule is Cc1cn(C2CN(C(c3ccccc3)(c3ccccc3)c3ccccc3)CC(COP(=O)(Cl)N3CCC(NC(=O)c4cccc(-c5ccc(O)cc5)c4)CC3)O2)c(=O)[nH]c1=O. The first-order valence-corrected chi connectivity index (χ1v) is 22.8. The minimum absolute atomic E-state index is 0.159. The van der Waals surface area contributed by atoms with Gasteiger partial charge in [0.1, 0.15) is 5.75 Å². The molecule has 0 radical (unpaired) electrons. The van der Waals surface area contributed by atoms with Crippen molar-refractivity contribution in [3.8, 4) is 16.9 Å². The van der Waals surface area contributed by atoms with Gasteiger partial charge in [0.05, 0.1) is 18.2 Å². The summed E-state index contributed by atoms with van der Waals surface area (Å²) in [6.45, 7) is -1.23. The molecule has 2 aliphatic rings. The van der Waals surface area contributed by atoms with Gasteiger partial charge in [0.25, 0.3) is 11.5 Å². The maximum absolute atomic E-state index is 14.2. The van der Waals surface area contributed by atoms with Crippen molar-refractivity contribution in [1.82, 2.24) is 24.4 Å². The molecule has 314 valence electrons. The van der Waals surface area contributed by atoms with E-state index in [9.17, 15) is 24.1 Å². The third kappa shape index (κ3) is 9.06. The van der Waals surface area contributed by atoms with Gasteiger partial charge in [-0.25, -0.2) is 9.46 Å². The topological polar surface area (TPSA) is 146 Å². The summed E-state index contributed by atoms with van der Waals surface area (Å²) in [6, 6.07) is 44.4. The second-order valence-corrected chi connectivity index (χ2v) is 18.5. The highest BCUT2D eigenvalue weighted by Gasteiger charge is 2.47. The van der Waals surface area contributed by atoms with E-state index in [1.54, 1.807) is 41.9 Å². The van der Waals surface area contributed by atoms with E-state index < -0.39 is 36.0 Å². The standard InChI is InChI=1S/C47H47ClN5O7P/c1-33-29-53(46(57)50-44(33)55)43-31-51(47(37-14-5-2-6-15-37,38-16-7-3-8-17-38)39-18-9-4-10-19-39)30-42(60-43)32-59-61(48,58)52-26-24-40(25-27-52)49-45(56)36-13-11-12-35(28-36)34-20-22-41(54)23-21-34/h2-23,28-29,40,42-43,54H,24-27,30-32H2,1H3,(H,49,56)(H,50,55,57). The Morgan fingerprint density at radius 2 is 1.43 bits per heavy atom. The number of morpholine rings is 1. The Hall–Kier alpha value is -5.59. The molecule has 61 heavy (non-hydrogen) atoms. The molecule has 12 nitrogen and oxygen atoms in total. The van der Waals surface area contributed by atoms with Gasteiger partial charge >= 0.3 is 12.6 Å². The highest BCUT2D eigenvalue weighted by atomic mass is 35.7. The molecule has 5 aromatic carbocycles. The lowest BCUT2D eigenvalue weighted by Gasteiger charge is -2.50. The summed E-state index contributed by atoms with van der Waals surface area (Å²) in [5.41, 5.74) is 3.57. The molecule has 2 saturated heterocycles. The lowest BCUT2D eigenvalue weighted by atomic mass is 9.75. The zero-order chi connectivity index (χ0) is 42.6. The molecular formula is C47H47ClN5O7P. The molecule has 0 saturated carbocycles. The van der Waals surface area contributed by atoms with E-state index in [-0.39, 0.29) is 30.9 Å². The number of rotatable bonds is 12. The molecule has 6 aromatic rings. The number of ether oxygens (including phenoxy) is 1. The summed E-state index contributed by atoms with van der Waals surface area (Å²) in [4.78, 5) is 43.9. The highest BCUT2D eigenvalue weighted by Crippen LogP contribution is 2.57. The van der Waals surface area contributed by atoms with Gasteiger partial charge < -0.3 is 19.7 Å². The Morgan fingerprint density at radius 3 is 2.02 bits per heavy atom. The lowest BCUT2D eigenvalue weighted by Crippen LogP contribution is -2.58. The number of phenols is 1. The Balaban J connectivity index is 1.02. The van der Waals surface area contributed by atoms with Crippen LogP contribution in [0.4, 0.5) is 0 Å². The number of carbonyl (C=O) groups is 1. The predicted octanol–water partition coefficient (Wildman–Crippen LogP) is 7.67. The number of aromatic hydroxyl groups is 1. The van der Waals surface area contributed by atoms with Crippen LogP contribution in [0.3, 0.4) is 0 Å². The molecule has 3 unspecified atom stereocenters. The first kappa shape index (κ1) is 42.1. The van der Waals surface area contributed by atoms with Crippen molar-refractivity contribution in [2.45, 2.75) is 43.7 Å². The summed E-state index contributed by atoms with van der Waals surface area (Å²) in [6.07, 6.45) is 0.902. The fourth-order valence-corrected chi connectivity index (χ4v) is 10.3. The van der Waals surface area contributed by atoms with E-state index in [1.165, 1.54) is 10.8 Å². The van der Waals surface area contributed by atoms with Crippen molar-refractivity contribution in [3.63, 3.8) is 0 Å². The smallest absolute Gasteiger partial charge is 0.363 e. The Labute approximate surface area is 358 Å². The van der Waals surface area contributed by atoms with Gasteiger partial charge in [-0.05, 0) is 83.1 Å². The average Bonchev–Trinajstić information content (AvgIpc) is 3.29. The second kappa shape index (κ2) is 18.2.